The molecule has 0 aromatic heterocycles. The van der Waals surface area contributed by atoms with E-state index in [2.05, 4.69) is 0 Å². The fraction of sp³-hybridized carbons (Fsp3) is 0.120. The molecule has 3 aromatic carbocycles. The van der Waals surface area contributed by atoms with Crippen LogP contribution < -0.4 is 9.64 Å². The van der Waals surface area contributed by atoms with E-state index in [1.165, 1.54) is 44.4 Å². The molecule has 162 valence electrons. The van der Waals surface area contributed by atoms with Crippen LogP contribution in [0, 0.1) is 12.7 Å². The molecule has 7 heteroatoms. The molecule has 0 aliphatic carbocycles. The normalized spacial score (nSPS) is 17.6. The quantitative estimate of drug-likeness (QED) is 0.360. The molecule has 2 N–H and O–H groups in total. The molecule has 4 rings (SSSR count). The Bertz CT molecular complexity index is 1250. The average molecular weight is 433 g/mol. The van der Waals surface area contributed by atoms with Gasteiger partial charge in [0.15, 0.2) is 0 Å². The Balaban J connectivity index is 1.96. The molecule has 1 atom stereocenters. The second-order valence-corrected chi connectivity index (χ2v) is 7.39. The van der Waals surface area contributed by atoms with E-state index in [9.17, 15) is 24.2 Å². The number of methoxy groups -OCH3 is 1. The molecule has 32 heavy (non-hydrogen) atoms. The standard InChI is InChI=1S/C25H20FNO5/c1-14-13-16(9-12-18(14)26)23(29)21-22(15-7-10-17(32-2)11-8-15)27(25(31)24(21)30)19-5-3-4-6-20(19)28/h3-13,22,28-29H,1-2H3/b23-21-. The molecule has 1 unspecified atom stereocenters. The maximum Gasteiger partial charge on any atom is 0.300 e. The zero-order valence-electron chi connectivity index (χ0n) is 17.4. The van der Waals surface area contributed by atoms with Crippen molar-refractivity contribution in [1.82, 2.24) is 0 Å². The zero-order chi connectivity index (χ0) is 23.0. The van der Waals surface area contributed by atoms with Gasteiger partial charge in [-0.25, -0.2) is 4.39 Å². The summed E-state index contributed by atoms with van der Waals surface area (Å²) in [5, 5.41) is 21.4. The summed E-state index contributed by atoms with van der Waals surface area (Å²) >= 11 is 0. The van der Waals surface area contributed by atoms with Crippen molar-refractivity contribution in [1.29, 1.82) is 0 Å². The van der Waals surface area contributed by atoms with Crippen LogP contribution in [-0.4, -0.2) is 29.0 Å². The SMILES string of the molecule is COc1ccc(C2/C(=C(/O)c3ccc(F)c(C)c3)C(=O)C(=O)N2c2ccccc2O)cc1. The summed E-state index contributed by atoms with van der Waals surface area (Å²) < 4.78 is 18.9. The Labute approximate surface area is 183 Å². The number of aliphatic hydroxyl groups is 1. The van der Waals surface area contributed by atoms with Gasteiger partial charge in [-0.2, -0.15) is 0 Å². The van der Waals surface area contributed by atoms with Gasteiger partial charge in [0.05, 0.1) is 24.4 Å². The third kappa shape index (κ3) is 3.47. The highest BCUT2D eigenvalue weighted by Crippen LogP contribution is 2.44. The van der Waals surface area contributed by atoms with Crippen LogP contribution in [0.4, 0.5) is 10.1 Å². The van der Waals surface area contributed by atoms with Crippen LogP contribution in [0.5, 0.6) is 11.5 Å². The van der Waals surface area contributed by atoms with Gasteiger partial charge in [0, 0.05) is 5.56 Å². The predicted molar refractivity (Wildman–Crippen MR) is 117 cm³/mol. The van der Waals surface area contributed by atoms with Gasteiger partial charge in [0.1, 0.15) is 23.1 Å². The number of ketones is 1. The third-order valence-electron chi connectivity index (χ3n) is 5.45. The molecule has 0 bridgehead atoms. The van der Waals surface area contributed by atoms with E-state index < -0.39 is 29.3 Å². The number of carbonyl (C=O) groups is 2. The number of aromatic hydroxyl groups is 1. The van der Waals surface area contributed by atoms with Crippen LogP contribution in [0.25, 0.3) is 5.76 Å². The van der Waals surface area contributed by atoms with E-state index in [1.807, 2.05) is 0 Å². The highest BCUT2D eigenvalue weighted by molar-refractivity contribution is 6.51. The van der Waals surface area contributed by atoms with E-state index >= 15 is 0 Å². The first-order valence-corrected chi connectivity index (χ1v) is 9.83. The number of Topliss-reactive ketones (excluding diaryl/α,β-unsaturated/α-hetero) is 1. The van der Waals surface area contributed by atoms with Gasteiger partial charge in [-0.15, -0.1) is 0 Å². The monoisotopic (exact) mass is 433 g/mol. The van der Waals surface area contributed by atoms with Crippen LogP contribution in [0.3, 0.4) is 0 Å². The van der Waals surface area contributed by atoms with E-state index in [0.29, 0.717) is 11.3 Å². The number of nitrogens with zero attached hydrogens (tertiary/aromatic N) is 1. The minimum absolute atomic E-state index is 0.129. The highest BCUT2D eigenvalue weighted by Gasteiger charge is 2.47. The molecular weight excluding hydrogens is 413 g/mol. The molecule has 0 saturated carbocycles. The number of hydrogen-bond acceptors (Lipinski definition) is 5. The third-order valence-corrected chi connectivity index (χ3v) is 5.45. The van der Waals surface area contributed by atoms with Gasteiger partial charge in [-0.1, -0.05) is 24.3 Å². The Morgan fingerprint density at radius 1 is 1.03 bits per heavy atom. The summed E-state index contributed by atoms with van der Waals surface area (Å²) in [6, 6.07) is 15.7. The maximum absolute atomic E-state index is 13.8. The van der Waals surface area contributed by atoms with Crippen LogP contribution in [-0.2, 0) is 9.59 Å². The Morgan fingerprint density at radius 2 is 1.72 bits per heavy atom. The summed E-state index contributed by atoms with van der Waals surface area (Å²) in [6.07, 6.45) is 0. The Kier molecular flexibility index (Phi) is 5.40. The molecule has 0 spiro atoms. The van der Waals surface area contributed by atoms with Gasteiger partial charge in [-0.3, -0.25) is 14.5 Å². The lowest BCUT2D eigenvalue weighted by atomic mass is 9.94. The van der Waals surface area contributed by atoms with Gasteiger partial charge < -0.3 is 14.9 Å². The topological polar surface area (TPSA) is 87.1 Å². The number of para-hydroxylation sites is 2. The summed E-state index contributed by atoms with van der Waals surface area (Å²) in [6.45, 7) is 1.54. The van der Waals surface area contributed by atoms with Gasteiger partial charge in [-0.05, 0) is 60.5 Å². The predicted octanol–water partition coefficient (Wildman–Crippen LogP) is 4.47. The lowest BCUT2D eigenvalue weighted by Gasteiger charge is -2.26. The van der Waals surface area contributed by atoms with Crippen molar-refractivity contribution in [3.63, 3.8) is 0 Å². The van der Waals surface area contributed by atoms with E-state index in [4.69, 9.17) is 4.74 Å². The number of rotatable bonds is 4. The minimum Gasteiger partial charge on any atom is -0.507 e. The second kappa shape index (κ2) is 8.19. The first-order valence-electron chi connectivity index (χ1n) is 9.83. The van der Waals surface area contributed by atoms with Crippen molar-refractivity contribution in [3.8, 4) is 11.5 Å². The van der Waals surface area contributed by atoms with Crippen LogP contribution in [0.1, 0.15) is 22.7 Å². The van der Waals surface area contributed by atoms with E-state index in [-0.39, 0.29) is 28.1 Å². The average Bonchev–Trinajstić information content (AvgIpc) is 3.06. The molecule has 1 amide bonds. The van der Waals surface area contributed by atoms with Crippen molar-refractivity contribution in [2.75, 3.05) is 12.0 Å². The molecule has 1 fully saturated rings. The van der Waals surface area contributed by atoms with Gasteiger partial charge in [0.25, 0.3) is 11.7 Å². The number of carbonyl (C=O) groups excluding carboxylic acids is 2. The summed E-state index contributed by atoms with van der Waals surface area (Å²) in [4.78, 5) is 27.3. The van der Waals surface area contributed by atoms with Crippen LogP contribution in [0.2, 0.25) is 0 Å². The minimum atomic E-state index is -1.01. The fourth-order valence-corrected chi connectivity index (χ4v) is 3.80. The van der Waals surface area contributed by atoms with Crippen molar-refractivity contribution >= 4 is 23.1 Å². The molecule has 1 saturated heterocycles. The molecule has 3 aromatic rings. The molecule has 6 nitrogen and oxygen atoms in total. The maximum atomic E-state index is 13.8. The smallest absolute Gasteiger partial charge is 0.300 e. The van der Waals surface area contributed by atoms with Crippen molar-refractivity contribution in [3.05, 3.63) is 94.8 Å². The Morgan fingerprint density at radius 3 is 2.34 bits per heavy atom. The Hall–Kier alpha value is -4.13. The van der Waals surface area contributed by atoms with E-state index in [1.54, 1.807) is 36.4 Å². The summed E-state index contributed by atoms with van der Waals surface area (Å²) in [5.41, 5.74) is 0.982. The fourth-order valence-electron chi connectivity index (χ4n) is 3.80. The van der Waals surface area contributed by atoms with Crippen molar-refractivity contribution in [2.24, 2.45) is 0 Å². The molecular formula is C25H20FNO5. The number of aryl methyl sites for hydroxylation is 1. The largest absolute Gasteiger partial charge is 0.507 e. The first kappa shape index (κ1) is 21.1. The van der Waals surface area contributed by atoms with Gasteiger partial charge >= 0.3 is 0 Å². The number of phenols is 1. The highest BCUT2D eigenvalue weighted by atomic mass is 19.1. The second-order valence-electron chi connectivity index (χ2n) is 7.39. The van der Waals surface area contributed by atoms with Crippen LogP contribution in [0.15, 0.2) is 72.3 Å². The van der Waals surface area contributed by atoms with Crippen molar-refractivity contribution < 1.29 is 28.9 Å². The molecule has 1 aliphatic heterocycles. The first-order chi connectivity index (χ1) is 15.3. The number of aliphatic hydroxyl groups excluding tert-OH is 1. The van der Waals surface area contributed by atoms with Crippen LogP contribution >= 0.6 is 0 Å². The van der Waals surface area contributed by atoms with Crippen molar-refractivity contribution in [2.45, 2.75) is 13.0 Å². The lowest BCUT2D eigenvalue weighted by molar-refractivity contribution is -0.132. The number of ether oxygens (including phenoxy) is 1. The van der Waals surface area contributed by atoms with E-state index in [0.717, 1.165) is 4.90 Å². The number of hydrogen-bond donors (Lipinski definition) is 2. The zero-order valence-corrected chi connectivity index (χ0v) is 17.4. The number of phenolic OH excluding ortho intramolecular Hbond substituents is 1. The number of halogens is 1. The molecule has 1 aliphatic rings. The number of anilines is 1. The molecule has 0 radical (unpaired) electrons. The number of benzene rings is 3. The number of amides is 1. The summed E-state index contributed by atoms with van der Waals surface area (Å²) in [5.74, 6) is -2.30. The lowest BCUT2D eigenvalue weighted by Crippen LogP contribution is -2.29. The van der Waals surface area contributed by atoms with Gasteiger partial charge in [0.2, 0.25) is 0 Å². The molecule has 1 heterocycles. The summed E-state index contributed by atoms with van der Waals surface area (Å²) in [7, 11) is 1.51.